The highest BCUT2D eigenvalue weighted by molar-refractivity contribution is 6.31. The summed E-state index contributed by atoms with van der Waals surface area (Å²) in [5.74, 6) is 0.193. The first-order chi connectivity index (χ1) is 15.2. The Labute approximate surface area is 190 Å². The van der Waals surface area contributed by atoms with Crippen molar-refractivity contribution in [2.75, 3.05) is 39.4 Å². The Morgan fingerprint density at radius 1 is 0.968 bits per heavy atom. The molecule has 166 valence electrons. The number of benzene rings is 2. The van der Waals surface area contributed by atoms with Crippen molar-refractivity contribution < 1.29 is 9.53 Å². The quantitative estimate of drug-likeness (QED) is 0.711. The van der Waals surface area contributed by atoms with Crippen molar-refractivity contribution in [1.82, 2.24) is 15.1 Å². The third-order valence-electron chi connectivity index (χ3n) is 6.23. The van der Waals surface area contributed by atoms with Crippen LogP contribution in [-0.4, -0.2) is 55.1 Å². The molecule has 0 spiro atoms. The summed E-state index contributed by atoms with van der Waals surface area (Å²) in [6.45, 7) is 7.77. The maximum atomic E-state index is 12.8. The van der Waals surface area contributed by atoms with E-state index in [-0.39, 0.29) is 11.8 Å². The number of rotatable bonds is 7. The summed E-state index contributed by atoms with van der Waals surface area (Å²) in [5, 5.41) is 3.94. The van der Waals surface area contributed by atoms with E-state index in [4.69, 9.17) is 16.3 Å². The van der Waals surface area contributed by atoms with Gasteiger partial charge in [0.05, 0.1) is 19.1 Å². The molecule has 0 radical (unpaired) electrons. The van der Waals surface area contributed by atoms with Crippen LogP contribution in [0.1, 0.15) is 29.5 Å². The molecule has 2 fully saturated rings. The SMILES string of the molecule is O=C(NCc1ccc(CN2CCOCC2)cc1)C1CCCN(Cc2ccccc2Cl)C1. The fourth-order valence-corrected chi connectivity index (χ4v) is 4.59. The van der Waals surface area contributed by atoms with Crippen LogP contribution in [0.3, 0.4) is 0 Å². The molecule has 2 aliphatic heterocycles. The minimum atomic E-state index is 0.0387. The van der Waals surface area contributed by atoms with E-state index in [1.165, 1.54) is 5.56 Å². The molecule has 1 unspecified atom stereocenters. The van der Waals surface area contributed by atoms with E-state index in [2.05, 4.69) is 45.4 Å². The normalized spacial score (nSPS) is 20.5. The molecule has 31 heavy (non-hydrogen) atoms. The number of halogens is 1. The molecular weight excluding hydrogens is 410 g/mol. The third kappa shape index (κ3) is 6.53. The van der Waals surface area contributed by atoms with Gasteiger partial charge < -0.3 is 10.1 Å². The average Bonchev–Trinajstić information content (AvgIpc) is 2.81. The van der Waals surface area contributed by atoms with Crippen LogP contribution >= 0.6 is 11.6 Å². The van der Waals surface area contributed by atoms with Gasteiger partial charge in [0.25, 0.3) is 0 Å². The minimum Gasteiger partial charge on any atom is -0.379 e. The highest BCUT2D eigenvalue weighted by Gasteiger charge is 2.26. The lowest BCUT2D eigenvalue weighted by atomic mass is 9.96. The number of likely N-dealkylation sites (tertiary alicyclic amines) is 1. The number of piperidine rings is 1. The lowest BCUT2D eigenvalue weighted by Crippen LogP contribution is -2.42. The molecule has 2 heterocycles. The number of hydrogen-bond donors (Lipinski definition) is 1. The summed E-state index contributed by atoms with van der Waals surface area (Å²) in [7, 11) is 0. The largest absolute Gasteiger partial charge is 0.379 e. The minimum absolute atomic E-state index is 0.0387. The van der Waals surface area contributed by atoms with Crippen LogP contribution in [0.25, 0.3) is 0 Å². The molecule has 1 amide bonds. The van der Waals surface area contributed by atoms with Crippen LogP contribution in [0.4, 0.5) is 0 Å². The number of hydrogen-bond acceptors (Lipinski definition) is 4. The first-order valence-corrected chi connectivity index (χ1v) is 11.7. The Kier molecular flexibility index (Phi) is 7.97. The predicted molar refractivity (Wildman–Crippen MR) is 124 cm³/mol. The summed E-state index contributed by atoms with van der Waals surface area (Å²) in [4.78, 5) is 17.5. The maximum Gasteiger partial charge on any atom is 0.224 e. The number of amides is 1. The van der Waals surface area contributed by atoms with Gasteiger partial charge in [0.15, 0.2) is 0 Å². The monoisotopic (exact) mass is 441 g/mol. The first kappa shape index (κ1) is 22.3. The van der Waals surface area contributed by atoms with Crippen LogP contribution in [-0.2, 0) is 29.2 Å². The Bertz CT molecular complexity index is 852. The van der Waals surface area contributed by atoms with Crippen LogP contribution in [0.15, 0.2) is 48.5 Å². The zero-order valence-corrected chi connectivity index (χ0v) is 18.8. The lowest BCUT2D eigenvalue weighted by molar-refractivity contribution is -0.126. The van der Waals surface area contributed by atoms with Crippen LogP contribution in [0.2, 0.25) is 5.02 Å². The van der Waals surface area contributed by atoms with Crippen molar-refractivity contribution in [2.45, 2.75) is 32.5 Å². The Morgan fingerprint density at radius 2 is 1.71 bits per heavy atom. The van der Waals surface area contributed by atoms with E-state index in [0.29, 0.717) is 6.54 Å². The molecule has 2 aliphatic rings. The summed E-state index contributed by atoms with van der Waals surface area (Å²) in [6.07, 6.45) is 1.99. The molecular formula is C25H32ClN3O2. The standard InChI is InChI=1S/C25H32ClN3O2/c26-24-6-2-1-4-22(24)18-29-11-3-5-23(19-29)25(30)27-16-20-7-9-21(10-8-20)17-28-12-14-31-15-13-28/h1-2,4,6-10,23H,3,5,11-19H2,(H,27,30). The molecule has 1 atom stereocenters. The number of morpholine rings is 1. The third-order valence-corrected chi connectivity index (χ3v) is 6.60. The second-order valence-corrected chi connectivity index (χ2v) is 9.00. The van der Waals surface area contributed by atoms with E-state index in [1.807, 2.05) is 18.2 Å². The molecule has 2 saturated heterocycles. The first-order valence-electron chi connectivity index (χ1n) is 11.3. The number of ether oxygens (including phenoxy) is 1. The van der Waals surface area contributed by atoms with E-state index in [1.54, 1.807) is 0 Å². The zero-order chi connectivity index (χ0) is 21.5. The highest BCUT2D eigenvalue weighted by Crippen LogP contribution is 2.22. The predicted octanol–water partition coefficient (Wildman–Crippen LogP) is 3.70. The topological polar surface area (TPSA) is 44.8 Å². The summed E-state index contributed by atoms with van der Waals surface area (Å²) in [5.41, 5.74) is 3.57. The number of carbonyl (C=O) groups excluding carboxylic acids is 1. The molecule has 0 bridgehead atoms. The van der Waals surface area contributed by atoms with E-state index in [9.17, 15) is 4.79 Å². The smallest absolute Gasteiger partial charge is 0.224 e. The van der Waals surface area contributed by atoms with Gasteiger partial charge in [-0.05, 0) is 42.1 Å². The number of carbonyl (C=O) groups is 1. The molecule has 0 aromatic heterocycles. The summed E-state index contributed by atoms with van der Waals surface area (Å²) < 4.78 is 5.41. The molecule has 5 nitrogen and oxygen atoms in total. The number of nitrogens with zero attached hydrogens (tertiary/aromatic N) is 2. The molecule has 2 aromatic carbocycles. The van der Waals surface area contributed by atoms with Gasteiger partial charge in [-0.3, -0.25) is 14.6 Å². The van der Waals surface area contributed by atoms with E-state index < -0.39 is 0 Å². The molecule has 0 saturated carbocycles. The molecule has 6 heteroatoms. The molecule has 0 aliphatic carbocycles. The highest BCUT2D eigenvalue weighted by atomic mass is 35.5. The van der Waals surface area contributed by atoms with E-state index in [0.717, 1.165) is 81.5 Å². The Morgan fingerprint density at radius 3 is 2.48 bits per heavy atom. The van der Waals surface area contributed by atoms with E-state index >= 15 is 0 Å². The van der Waals surface area contributed by atoms with Crippen LogP contribution < -0.4 is 5.32 Å². The van der Waals surface area contributed by atoms with Gasteiger partial charge in [-0.2, -0.15) is 0 Å². The second kappa shape index (κ2) is 11.1. The lowest BCUT2D eigenvalue weighted by Gasteiger charge is -2.32. The fraction of sp³-hybridized carbons (Fsp3) is 0.480. The Hall–Kier alpha value is -1.92. The van der Waals surface area contributed by atoms with Crippen molar-refractivity contribution in [3.8, 4) is 0 Å². The van der Waals surface area contributed by atoms with Crippen molar-refractivity contribution in [2.24, 2.45) is 5.92 Å². The second-order valence-electron chi connectivity index (χ2n) is 8.59. The molecule has 1 N–H and O–H groups in total. The van der Waals surface area contributed by atoms with Crippen molar-refractivity contribution in [1.29, 1.82) is 0 Å². The van der Waals surface area contributed by atoms with Gasteiger partial charge >= 0.3 is 0 Å². The molecule has 4 rings (SSSR count). The van der Waals surface area contributed by atoms with Gasteiger partial charge in [-0.15, -0.1) is 0 Å². The Balaban J connectivity index is 1.24. The van der Waals surface area contributed by atoms with Crippen molar-refractivity contribution in [3.63, 3.8) is 0 Å². The maximum absolute atomic E-state index is 12.8. The molecule has 2 aromatic rings. The summed E-state index contributed by atoms with van der Waals surface area (Å²) in [6, 6.07) is 16.5. The van der Waals surface area contributed by atoms with Gasteiger partial charge in [-0.25, -0.2) is 0 Å². The summed E-state index contributed by atoms with van der Waals surface area (Å²) >= 11 is 6.31. The van der Waals surface area contributed by atoms with Crippen LogP contribution in [0, 0.1) is 5.92 Å². The van der Waals surface area contributed by atoms with Crippen molar-refractivity contribution in [3.05, 3.63) is 70.2 Å². The van der Waals surface area contributed by atoms with Gasteiger partial charge in [0.2, 0.25) is 5.91 Å². The zero-order valence-electron chi connectivity index (χ0n) is 18.1. The van der Waals surface area contributed by atoms with Crippen molar-refractivity contribution >= 4 is 17.5 Å². The van der Waals surface area contributed by atoms with Crippen LogP contribution in [0.5, 0.6) is 0 Å². The average molecular weight is 442 g/mol. The van der Waals surface area contributed by atoms with Gasteiger partial charge in [0, 0.05) is 44.3 Å². The van der Waals surface area contributed by atoms with Gasteiger partial charge in [0.1, 0.15) is 0 Å². The number of nitrogens with one attached hydrogen (secondary N) is 1. The van der Waals surface area contributed by atoms with Gasteiger partial charge in [-0.1, -0.05) is 54.1 Å². The fourth-order valence-electron chi connectivity index (χ4n) is 4.39.